The molecule has 5 nitrogen and oxygen atoms in total. The van der Waals surface area contributed by atoms with Gasteiger partial charge in [0.05, 0.1) is 0 Å². The van der Waals surface area contributed by atoms with E-state index in [9.17, 15) is 9.18 Å². The van der Waals surface area contributed by atoms with Gasteiger partial charge in [0.2, 0.25) is 5.91 Å². The number of rotatable bonds is 5. The SMILES string of the molecule is O=C(NCCc1nnc2n1CCCCC2)[C@H]1C[C@H]1c1ccc(F)cc1. The molecule has 1 aromatic heterocycles. The molecule has 1 fully saturated rings. The third-order valence-corrected chi connectivity index (χ3v) is 5.26. The van der Waals surface area contributed by atoms with E-state index in [2.05, 4.69) is 20.1 Å². The van der Waals surface area contributed by atoms with E-state index >= 15 is 0 Å². The van der Waals surface area contributed by atoms with E-state index in [1.165, 1.54) is 31.4 Å². The molecule has 1 aromatic carbocycles. The van der Waals surface area contributed by atoms with Gasteiger partial charge >= 0.3 is 0 Å². The van der Waals surface area contributed by atoms with Crippen molar-refractivity contribution < 1.29 is 9.18 Å². The highest BCUT2D eigenvalue weighted by atomic mass is 19.1. The summed E-state index contributed by atoms with van der Waals surface area (Å²) >= 11 is 0. The molecule has 4 rings (SSSR count). The van der Waals surface area contributed by atoms with Gasteiger partial charge in [-0.25, -0.2) is 4.39 Å². The Morgan fingerprint density at radius 1 is 1.20 bits per heavy atom. The van der Waals surface area contributed by atoms with Crippen molar-refractivity contribution in [1.29, 1.82) is 0 Å². The fourth-order valence-corrected chi connectivity index (χ4v) is 3.72. The van der Waals surface area contributed by atoms with Gasteiger partial charge in [-0.2, -0.15) is 0 Å². The monoisotopic (exact) mass is 342 g/mol. The molecule has 0 spiro atoms. The van der Waals surface area contributed by atoms with Crippen LogP contribution in [0.1, 0.15) is 48.8 Å². The van der Waals surface area contributed by atoms with E-state index in [-0.39, 0.29) is 23.6 Å². The predicted octanol–water partition coefficient (Wildman–Crippen LogP) is 2.61. The number of carbonyl (C=O) groups is 1. The zero-order valence-corrected chi connectivity index (χ0v) is 14.2. The summed E-state index contributed by atoms with van der Waals surface area (Å²) < 4.78 is 15.2. The quantitative estimate of drug-likeness (QED) is 0.909. The standard InChI is InChI=1S/C19H23FN4O/c20-14-7-5-13(6-8-14)15-12-16(15)19(25)21-10-9-18-23-22-17-4-2-1-3-11-24(17)18/h5-8,15-16H,1-4,9-12H2,(H,21,25)/t15-,16-/m0/s1. The summed E-state index contributed by atoms with van der Waals surface area (Å²) in [4.78, 5) is 12.3. The molecule has 1 aliphatic heterocycles. The molecule has 0 bridgehead atoms. The second kappa shape index (κ2) is 6.94. The van der Waals surface area contributed by atoms with Crippen molar-refractivity contribution in [3.63, 3.8) is 0 Å². The largest absolute Gasteiger partial charge is 0.355 e. The fourth-order valence-electron chi connectivity index (χ4n) is 3.72. The number of hydrogen-bond acceptors (Lipinski definition) is 3. The molecular formula is C19H23FN4O. The molecule has 0 saturated heterocycles. The van der Waals surface area contributed by atoms with E-state index in [1.54, 1.807) is 12.1 Å². The Labute approximate surface area is 146 Å². The van der Waals surface area contributed by atoms with Crippen molar-refractivity contribution in [2.24, 2.45) is 5.92 Å². The molecule has 1 aliphatic carbocycles. The van der Waals surface area contributed by atoms with E-state index in [0.29, 0.717) is 13.0 Å². The molecule has 0 radical (unpaired) electrons. The molecule has 2 heterocycles. The topological polar surface area (TPSA) is 59.8 Å². The lowest BCUT2D eigenvalue weighted by Gasteiger charge is -2.08. The number of carbonyl (C=O) groups excluding carboxylic acids is 1. The van der Waals surface area contributed by atoms with Crippen LogP contribution in [0, 0.1) is 11.7 Å². The van der Waals surface area contributed by atoms with E-state index in [4.69, 9.17) is 0 Å². The molecule has 0 unspecified atom stereocenters. The summed E-state index contributed by atoms with van der Waals surface area (Å²) in [6.07, 6.45) is 6.16. The Hall–Kier alpha value is -2.24. The first-order valence-corrected chi connectivity index (χ1v) is 9.16. The second-order valence-corrected chi connectivity index (χ2v) is 7.04. The van der Waals surface area contributed by atoms with Gasteiger partial charge < -0.3 is 9.88 Å². The molecule has 132 valence electrons. The molecule has 2 atom stereocenters. The van der Waals surface area contributed by atoms with Crippen molar-refractivity contribution in [2.45, 2.75) is 51.0 Å². The smallest absolute Gasteiger partial charge is 0.223 e. The Kier molecular flexibility index (Phi) is 4.51. The van der Waals surface area contributed by atoms with Crippen LogP contribution in [0.25, 0.3) is 0 Å². The lowest BCUT2D eigenvalue weighted by atomic mass is 10.1. The van der Waals surface area contributed by atoms with Gasteiger partial charge in [0.1, 0.15) is 17.5 Å². The maximum absolute atomic E-state index is 13.0. The summed E-state index contributed by atoms with van der Waals surface area (Å²) in [7, 11) is 0. The van der Waals surface area contributed by atoms with Crippen LogP contribution in [0.15, 0.2) is 24.3 Å². The molecule has 1 amide bonds. The van der Waals surface area contributed by atoms with Crippen LogP contribution in [-0.4, -0.2) is 27.2 Å². The molecule has 2 aliphatic rings. The molecule has 1 N–H and O–H groups in total. The molecular weight excluding hydrogens is 319 g/mol. The Balaban J connectivity index is 1.28. The Bertz CT molecular complexity index is 755. The minimum Gasteiger partial charge on any atom is -0.355 e. The first kappa shape index (κ1) is 16.2. The maximum atomic E-state index is 13.0. The van der Waals surface area contributed by atoms with Gasteiger partial charge in [-0.05, 0) is 42.9 Å². The number of halogens is 1. The Morgan fingerprint density at radius 2 is 2.04 bits per heavy atom. The molecule has 1 saturated carbocycles. The van der Waals surface area contributed by atoms with Crippen LogP contribution in [0.5, 0.6) is 0 Å². The molecule has 6 heteroatoms. The van der Waals surface area contributed by atoms with Gasteiger partial charge in [-0.15, -0.1) is 10.2 Å². The lowest BCUT2D eigenvalue weighted by Crippen LogP contribution is -2.28. The van der Waals surface area contributed by atoms with Gasteiger partial charge in [0, 0.05) is 31.8 Å². The van der Waals surface area contributed by atoms with Gasteiger partial charge in [0.25, 0.3) is 0 Å². The third-order valence-electron chi connectivity index (χ3n) is 5.26. The number of aryl methyl sites for hydroxylation is 1. The zero-order valence-electron chi connectivity index (χ0n) is 14.2. The molecule has 2 aromatic rings. The first-order valence-electron chi connectivity index (χ1n) is 9.16. The zero-order chi connectivity index (χ0) is 17.2. The van der Waals surface area contributed by atoms with Crippen molar-refractivity contribution in [3.05, 3.63) is 47.3 Å². The van der Waals surface area contributed by atoms with E-state index in [0.717, 1.165) is 36.6 Å². The lowest BCUT2D eigenvalue weighted by molar-refractivity contribution is -0.122. The summed E-state index contributed by atoms with van der Waals surface area (Å²) in [6.45, 7) is 1.57. The summed E-state index contributed by atoms with van der Waals surface area (Å²) in [5.41, 5.74) is 1.05. The van der Waals surface area contributed by atoms with Crippen LogP contribution < -0.4 is 5.32 Å². The normalized spacial score (nSPS) is 22.1. The van der Waals surface area contributed by atoms with Gasteiger partial charge in [-0.3, -0.25) is 4.79 Å². The van der Waals surface area contributed by atoms with Crippen LogP contribution in [0.3, 0.4) is 0 Å². The Morgan fingerprint density at radius 3 is 2.88 bits per heavy atom. The van der Waals surface area contributed by atoms with Gasteiger partial charge in [-0.1, -0.05) is 18.6 Å². The van der Waals surface area contributed by atoms with Crippen molar-refractivity contribution >= 4 is 5.91 Å². The summed E-state index contributed by atoms with van der Waals surface area (Å²) in [5, 5.41) is 11.6. The maximum Gasteiger partial charge on any atom is 0.223 e. The van der Waals surface area contributed by atoms with Crippen molar-refractivity contribution in [2.75, 3.05) is 6.54 Å². The number of benzene rings is 1. The summed E-state index contributed by atoms with van der Waals surface area (Å²) in [5.74, 6) is 2.15. The van der Waals surface area contributed by atoms with E-state index < -0.39 is 0 Å². The predicted molar refractivity (Wildman–Crippen MR) is 91.5 cm³/mol. The first-order chi connectivity index (χ1) is 12.2. The van der Waals surface area contributed by atoms with Crippen LogP contribution >= 0.6 is 0 Å². The number of hydrogen-bond donors (Lipinski definition) is 1. The third kappa shape index (κ3) is 3.57. The van der Waals surface area contributed by atoms with Crippen molar-refractivity contribution in [1.82, 2.24) is 20.1 Å². The van der Waals surface area contributed by atoms with Gasteiger partial charge in [0.15, 0.2) is 0 Å². The number of nitrogens with zero attached hydrogens (tertiary/aromatic N) is 3. The van der Waals surface area contributed by atoms with Crippen LogP contribution in [0.2, 0.25) is 0 Å². The highest BCUT2D eigenvalue weighted by molar-refractivity contribution is 5.82. The average molecular weight is 342 g/mol. The number of nitrogens with one attached hydrogen (secondary N) is 1. The summed E-state index contributed by atoms with van der Waals surface area (Å²) in [6, 6.07) is 6.47. The number of fused-ring (bicyclic) bond motifs is 1. The number of aromatic nitrogens is 3. The average Bonchev–Trinajstić information content (AvgIpc) is 3.37. The highest BCUT2D eigenvalue weighted by Crippen LogP contribution is 2.47. The minimum absolute atomic E-state index is 0.0148. The van der Waals surface area contributed by atoms with Crippen LogP contribution in [0.4, 0.5) is 4.39 Å². The highest BCUT2D eigenvalue weighted by Gasteiger charge is 2.43. The minimum atomic E-state index is -0.238. The van der Waals surface area contributed by atoms with Crippen molar-refractivity contribution in [3.8, 4) is 0 Å². The second-order valence-electron chi connectivity index (χ2n) is 7.04. The molecule has 25 heavy (non-hydrogen) atoms. The fraction of sp³-hybridized carbons (Fsp3) is 0.526. The number of amides is 1. The van der Waals surface area contributed by atoms with E-state index in [1.807, 2.05) is 0 Å². The van der Waals surface area contributed by atoms with Crippen LogP contribution in [-0.2, 0) is 24.2 Å².